The molecular weight excluding hydrogens is 434 g/mol. The number of rotatable bonds is 9. The van der Waals surface area contributed by atoms with E-state index in [1.807, 2.05) is 34.5 Å². The third-order valence-electron chi connectivity index (χ3n) is 4.97. The number of ether oxygens (including phenoxy) is 2. The molecule has 0 radical (unpaired) electrons. The van der Waals surface area contributed by atoms with E-state index in [1.54, 1.807) is 4.57 Å². The third kappa shape index (κ3) is 4.72. The second kappa shape index (κ2) is 9.74. The molecule has 0 unspecified atom stereocenters. The number of hydrogen-bond acceptors (Lipinski definition) is 7. The summed E-state index contributed by atoms with van der Waals surface area (Å²) in [7, 11) is 0. The molecule has 2 aromatic heterocycles. The average molecular weight is 460 g/mol. The Hall–Kier alpha value is -2.52. The number of amides is 1. The van der Waals surface area contributed by atoms with E-state index in [-0.39, 0.29) is 24.0 Å². The number of thiophene rings is 1. The summed E-state index contributed by atoms with van der Waals surface area (Å²) in [4.78, 5) is 32.5. The highest BCUT2D eigenvalue weighted by Gasteiger charge is 2.19. The molecule has 0 saturated carbocycles. The van der Waals surface area contributed by atoms with E-state index in [2.05, 4.69) is 13.8 Å². The van der Waals surface area contributed by atoms with Crippen LogP contribution in [0.3, 0.4) is 0 Å². The summed E-state index contributed by atoms with van der Waals surface area (Å²) < 4.78 is 13.1. The van der Waals surface area contributed by atoms with Crippen LogP contribution in [0.1, 0.15) is 32.3 Å². The van der Waals surface area contributed by atoms with Gasteiger partial charge in [-0.1, -0.05) is 31.7 Å². The monoisotopic (exact) mass is 459 g/mol. The first-order valence-corrected chi connectivity index (χ1v) is 12.2. The summed E-state index contributed by atoms with van der Waals surface area (Å²) in [5, 5.41) is 2.42. The minimum atomic E-state index is -0.0911. The fourth-order valence-electron chi connectivity index (χ4n) is 3.51. The normalized spacial score (nSPS) is 12.5. The highest BCUT2D eigenvalue weighted by atomic mass is 32.2. The quantitative estimate of drug-likeness (QED) is 0.356. The Balaban J connectivity index is 1.61. The number of benzene rings is 1. The maximum Gasteiger partial charge on any atom is 0.272 e. The van der Waals surface area contributed by atoms with Crippen LogP contribution in [0, 0.1) is 0 Å². The smallest absolute Gasteiger partial charge is 0.272 e. The number of aromatic nitrogens is 2. The Bertz CT molecular complexity index is 1140. The summed E-state index contributed by atoms with van der Waals surface area (Å²) in [5.41, 5.74) is 1.49. The van der Waals surface area contributed by atoms with Crippen molar-refractivity contribution in [2.45, 2.75) is 38.4 Å². The van der Waals surface area contributed by atoms with Gasteiger partial charge in [0.2, 0.25) is 12.7 Å². The van der Waals surface area contributed by atoms with Crippen molar-refractivity contribution in [3.05, 3.63) is 45.6 Å². The van der Waals surface area contributed by atoms with Gasteiger partial charge in [-0.2, -0.15) is 0 Å². The minimum absolute atomic E-state index is 0.0722. The number of hydrogen-bond donors (Lipinski definition) is 0. The predicted molar refractivity (Wildman–Crippen MR) is 123 cm³/mol. The zero-order valence-corrected chi connectivity index (χ0v) is 19.3. The van der Waals surface area contributed by atoms with Crippen LogP contribution in [0.2, 0.25) is 0 Å². The topological polar surface area (TPSA) is 73.7 Å². The van der Waals surface area contributed by atoms with Crippen LogP contribution >= 0.6 is 23.1 Å². The molecule has 1 aromatic carbocycles. The maximum atomic E-state index is 13.2. The van der Waals surface area contributed by atoms with Crippen molar-refractivity contribution >= 4 is 39.2 Å². The Morgan fingerprint density at radius 2 is 1.97 bits per heavy atom. The first-order valence-electron chi connectivity index (χ1n) is 10.4. The number of fused-ring (bicyclic) bond motifs is 2. The second-order valence-electron chi connectivity index (χ2n) is 7.28. The summed E-state index contributed by atoms with van der Waals surface area (Å²) in [6, 6.07) is 7.50. The Labute approximate surface area is 189 Å². The number of carbonyl (C=O) groups is 1. The molecule has 7 nitrogen and oxygen atoms in total. The summed E-state index contributed by atoms with van der Waals surface area (Å²) in [6.07, 6.45) is 1.84. The van der Waals surface area contributed by atoms with Crippen molar-refractivity contribution in [3.8, 4) is 11.5 Å². The van der Waals surface area contributed by atoms with Crippen LogP contribution in [0.4, 0.5) is 0 Å². The molecule has 0 bridgehead atoms. The van der Waals surface area contributed by atoms with Crippen molar-refractivity contribution in [2.75, 3.05) is 25.6 Å². The molecular formula is C22H25N3O4S2. The second-order valence-corrected chi connectivity index (χ2v) is 9.14. The summed E-state index contributed by atoms with van der Waals surface area (Å²) in [5.74, 6) is 1.70. The molecule has 0 N–H and O–H groups in total. The molecule has 9 heteroatoms. The molecule has 0 atom stereocenters. The van der Waals surface area contributed by atoms with Gasteiger partial charge >= 0.3 is 0 Å². The van der Waals surface area contributed by atoms with Crippen molar-refractivity contribution < 1.29 is 14.3 Å². The van der Waals surface area contributed by atoms with Crippen LogP contribution in [0.15, 0.2) is 39.6 Å². The fraction of sp³-hybridized carbons (Fsp3) is 0.409. The lowest BCUT2D eigenvalue weighted by Gasteiger charge is -2.21. The molecule has 4 rings (SSSR count). The highest BCUT2D eigenvalue weighted by molar-refractivity contribution is 7.99. The maximum absolute atomic E-state index is 13.2. The first-order chi connectivity index (χ1) is 15.1. The van der Waals surface area contributed by atoms with Gasteiger partial charge in [-0.3, -0.25) is 14.2 Å². The standard InChI is InChI=1S/C22H25N3O4S2/c1-3-8-24(9-4-2)19(26)13-31-22-23-16-7-10-30-20(16)21(27)25(22)12-15-5-6-17-18(11-15)29-14-28-17/h5-7,10-11H,3-4,8-9,12-14H2,1-2H3. The lowest BCUT2D eigenvalue weighted by atomic mass is 10.2. The van der Waals surface area contributed by atoms with Crippen LogP contribution < -0.4 is 15.0 Å². The zero-order chi connectivity index (χ0) is 21.8. The van der Waals surface area contributed by atoms with E-state index in [0.29, 0.717) is 33.4 Å². The summed E-state index contributed by atoms with van der Waals surface area (Å²) in [6.45, 7) is 6.18. The van der Waals surface area contributed by atoms with Gasteiger partial charge in [0.25, 0.3) is 5.56 Å². The molecule has 1 aliphatic heterocycles. The van der Waals surface area contributed by atoms with E-state index < -0.39 is 0 Å². The Morgan fingerprint density at radius 1 is 1.19 bits per heavy atom. The molecule has 0 saturated heterocycles. The number of carbonyl (C=O) groups excluding carboxylic acids is 1. The molecule has 0 aliphatic carbocycles. The minimum Gasteiger partial charge on any atom is -0.454 e. The molecule has 31 heavy (non-hydrogen) atoms. The van der Waals surface area contributed by atoms with Gasteiger partial charge < -0.3 is 14.4 Å². The van der Waals surface area contributed by atoms with Gasteiger partial charge in [0.15, 0.2) is 16.7 Å². The Kier molecular flexibility index (Phi) is 6.82. The molecule has 1 amide bonds. The highest BCUT2D eigenvalue weighted by Crippen LogP contribution is 2.33. The molecule has 3 heterocycles. The van der Waals surface area contributed by atoms with Crippen molar-refractivity contribution in [3.63, 3.8) is 0 Å². The van der Waals surface area contributed by atoms with Crippen molar-refractivity contribution in [2.24, 2.45) is 0 Å². The zero-order valence-electron chi connectivity index (χ0n) is 17.6. The molecule has 164 valence electrons. The van der Waals surface area contributed by atoms with Crippen LogP contribution in [0.25, 0.3) is 10.2 Å². The largest absolute Gasteiger partial charge is 0.454 e. The molecule has 0 fully saturated rings. The summed E-state index contributed by atoms with van der Waals surface area (Å²) >= 11 is 2.71. The van der Waals surface area contributed by atoms with Crippen LogP contribution in [-0.4, -0.2) is 46.0 Å². The Morgan fingerprint density at radius 3 is 2.74 bits per heavy atom. The molecule has 3 aromatic rings. The van der Waals surface area contributed by atoms with Gasteiger partial charge in [-0.25, -0.2) is 4.98 Å². The molecule has 1 aliphatic rings. The van der Waals surface area contributed by atoms with E-state index in [4.69, 9.17) is 14.5 Å². The third-order valence-corrected chi connectivity index (χ3v) is 6.83. The van der Waals surface area contributed by atoms with Crippen molar-refractivity contribution in [1.82, 2.24) is 14.5 Å². The average Bonchev–Trinajstić information content (AvgIpc) is 3.43. The van der Waals surface area contributed by atoms with Crippen LogP contribution in [0.5, 0.6) is 11.5 Å². The first kappa shape index (κ1) is 21.7. The lowest BCUT2D eigenvalue weighted by molar-refractivity contribution is -0.128. The van der Waals surface area contributed by atoms with E-state index in [1.165, 1.54) is 23.1 Å². The SMILES string of the molecule is CCCN(CCC)C(=O)CSc1nc2ccsc2c(=O)n1Cc1ccc2c(c1)OCO2. The van der Waals surface area contributed by atoms with Gasteiger partial charge in [-0.15, -0.1) is 11.3 Å². The fourth-order valence-corrected chi connectivity index (χ4v) is 5.19. The van der Waals surface area contributed by atoms with Gasteiger partial charge in [0, 0.05) is 13.1 Å². The van der Waals surface area contributed by atoms with Gasteiger partial charge in [0.1, 0.15) is 4.70 Å². The van der Waals surface area contributed by atoms with E-state index in [0.717, 1.165) is 31.5 Å². The van der Waals surface area contributed by atoms with Gasteiger partial charge in [-0.05, 0) is 42.0 Å². The van der Waals surface area contributed by atoms with E-state index in [9.17, 15) is 9.59 Å². The number of thioether (sulfide) groups is 1. The molecule has 0 spiro atoms. The van der Waals surface area contributed by atoms with E-state index >= 15 is 0 Å². The van der Waals surface area contributed by atoms with Gasteiger partial charge in [0.05, 0.1) is 17.8 Å². The van der Waals surface area contributed by atoms with Crippen molar-refractivity contribution in [1.29, 1.82) is 0 Å². The van der Waals surface area contributed by atoms with Crippen LogP contribution in [-0.2, 0) is 11.3 Å². The lowest BCUT2D eigenvalue weighted by Crippen LogP contribution is -2.34. The predicted octanol–water partition coefficient (Wildman–Crippen LogP) is 3.98. The number of nitrogens with zero attached hydrogens (tertiary/aromatic N) is 3.